The number of nitrogens with one attached hydrogen (secondary N) is 2. The molecule has 1 aliphatic rings. The van der Waals surface area contributed by atoms with Crippen molar-refractivity contribution in [1.82, 2.24) is 10.3 Å². The number of rotatable bonds is 3. The lowest BCUT2D eigenvalue weighted by molar-refractivity contribution is -0.118. The summed E-state index contributed by atoms with van der Waals surface area (Å²) in [5, 5.41) is 5.20. The number of halogens is 1. The molecule has 0 bridgehead atoms. The maximum absolute atomic E-state index is 13.8. The normalized spacial score (nSPS) is 17.2. The van der Waals surface area contributed by atoms with E-state index >= 15 is 0 Å². The molecule has 1 aromatic heterocycles. The molecule has 3 amide bonds. The molecule has 0 spiro atoms. The van der Waals surface area contributed by atoms with Gasteiger partial charge in [0.2, 0.25) is 5.91 Å². The van der Waals surface area contributed by atoms with Gasteiger partial charge in [0.1, 0.15) is 11.9 Å². The average molecular weight is 314 g/mol. The van der Waals surface area contributed by atoms with Crippen LogP contribution < -0.4 is 15.5 Å². The van der Waals surface area contributed by atoms with Crippen LogP contribution in [0.25, 0.3) is 0 Å². The first-order valence-corrected chi connectivity index (χ1v) is 7.18. The van der Waals surface area contributed by atoms with Gasteiger partial charge in [0.15, 0.2) is 0 Å². The van der Waals surface area contributed by atoms with Crippen molar-refractivity contribution in [2.24, 2.45) is 0 Å². The van der Waals surface area contributed by atoms with Crippen molar-refractivity contribution in [2.75, 3.05) is 16.8 Å². The van der Waals surface area contributed by atoms with Crippen LogP contribution in [0.15, 0.2) is 48.8 Å². The topological polar surface area (TPSA) is 74.3 Å². The van der Waals surface area contributed by atoms with E-state index in [2.05, 4.69) is 15.6 Å². The van der Waals surface area contributed by atoms with Gasteiger partial charge in [-0.1, -0.05) is 12.1 Å². The fourth-order valence-electron chi connectivity index (χ4n) is 2.49. The van der Waals surface area contributed by atoms with E-state index in [0.717, 1.165) is 0 Å². The zero-order valence-corrected chi connectivity index (χ0v) is 12.2. The molecular weight excluding hydrogens is 299 g/mol. The molecule has 118 valence electrons. The average Bonchev–Trinajstić information content (AvgIpc) is 2.90. The van der Waals surface area contributed by atoms with E-state index in [0.29, 0.717) is 18.7 Å². The van der Waals surface area contributed by atoms with E-state index < -0.39 is 17.9 Å². The first-order chi connectivity index (χ1) is 11.1. The number of urea groups is 1. The molecule has 7 heteroatoms. The van der Waals surface area contributed by atoms with Gasteiger partial charge in [-0.2, -0.15) is 0 Å². The number of pyridine rings is 1. The Morgan fingerprint density at radius 3 is 2.83 bits per heavy atom. The van der Waals surface area contributed by atoms with Crippen molar-refractivity contribution >= 4 is 23.3 Å². The number of para-hydroxylation sites is 1. The summed E-state index contributed by atoms with van der Waals surface area (Å²) in [6.07, 6.45) is 3.52. The number of benzene rings is 1. The summed E-state index contributed by atoms with van der Waals surface area (Å²) < 4.78 is 13.8. The Labute approximate surface area is 132 Å². The summed E-state index contributed by atoms with van der Waals surface area (Å²) in [6, 6.07) is 8.30. The minimum atomic E-state index is -0.675. The summed E-state index contributed by atoms with van der Waals surface area (Å²) in [5.41, 5.74) is 0.760. The Kier molecular flexibility index (Phi) is 4.18. The summed E-state index contributed by atoms with van der Waals surface area (Å²) >= 11 is 0. The Hall–Kier alpha value is -2.96. The lowest BCUT2D eigenvalue weighted by Gasteiger charge is -2.18. The summed E-state index contributed by atoms with van der Waals surface area (Å²) in [4.78, 5) is 29.5. The van der Waals surface area contributed by atoms with Crippen molar-refractivity contribution in [3.05, 3.63) is 54.6 Å². The van der Waals surface area contributed by atoms with Gasteiger partial charge in [-0.25, -0.2) is 9.18 Å². The Morgan fingerprint density at radius 2 is 2.09 bits per heavy atom. The number of hydrogen-bond acceptors (Lipinski definition) is 3. The van der Waals surface area contributed by atoms with Gasteiger partial charge in [-0.15, -0.1) is 0 Å². The molecule has 1 aromatic carbocycles. The van der Waals surface area contributed by atoms with Gasteiger partial charge < -0.3 is 15.5 Å². The second-order valence-electron chi connectivity index (χ2n) is 5.12. The van der Waals surface area contributed by atoms with Crippen molar-refractivity contribution in [1.29, 1.82) is 0 Å². The molecule has 1 aliphatic heterocycles. The van der Waals surface area contributed by atoms with Gasteiger partial charge >= 0.3 is 6.03 Å². The molecule has 23 heavy (non-hydrogen) atoms. The minimum absolute atomic E-state index is 0.231. The smallest absolute Gasteiger partial charge is 0.319 e. The van der Waals surface area contributed by atoms with Gasteiger partial charge in [0, 0.05) is 12.7 Å². The van der Waals surface area contributed by atoms with Crippen LogP contribution in [0, 0.1) is 5.82 Å². The highest BCUT2D eigenvalue weighted by Gasteiger charge is 2.34. The molecule has 0 unspecified atom stereocenters. The Morgan fingerprint density at radius 1 is 1.26 bits per heavy atom. The molecule has 2 heterocycles. The summed E-state index contributed by atoms with van der Waals surface area (Å²) in [6.45, 7) is 0.359. The van der Waals surface area contributed by atoms with Gasteiger partial charge in [-0.3, -0.25) is 9.78 Å². The van der Waals surface area contributed by atoms with Crippen molar-refractivity contribution in [3.63, 3.8) is 0 Å². The van der Waals surface area contributed by atoms with Crippen molar-refractivity contribution in [3.8, 4) is 0 Å². The van der Waals surface area contributed by atoms with Crippen LogP contribution >= 0.6 is 0 Å². The van der Waals surface area contributed by atoms with Crippen LogP contribution in [0.1, 0.15) is 6.42 Å². The highest BCUT2D eigenvalue weighted by molar-refractivity contribution is 6.02. The third kappa shape index (κ3) is 3.28. The maximum atomic E-state index is 13.8. The highest BCUT2D eigenvalue weighted by Crippen LogP contribution is 2.24. The van der Waals surface area contributed by atoms with Crippen LogP contribution in [0.3, 0.4) is 0 Å². The molecule has 2 N–H and O–H groups in total. The van der Waals surface area contributed by atoms with E-state index in [4.69, 9.17) is 0 Å². The first kappa shape index (κ1) is 15.0. The lowest BCUT2D eigenvalue weighted by atomic mass is 10.2. The van der Waals surface area contributed by atoms with Crippen LogP contribution in [0.2, 0.25) is 0 Å². The SMILES string of the molecule is O=C(Nc1cccnc1)N[C@H]1CCN(c2ccccc2F)C1=O. The number of anilines is 2. The second kappa shape index (κ2) is 6.43. The van der Waals surface area contributed by atoms with E-state index in [1.807, 2.05) is 0 Å². The van der Waals surface area contributed by atoms with Crippen LogP contribution in [0.5, 0.6) is 0 Å². The molecule has 3 rings (SSSR count). The largest absolute Gasteiger partial charge is 0.326 e. The number of aromatic nitrogens is 1. The highest BCUT2D eigenvalue weighted by atomic mass is 19.1. The van der Waals surface area contributed by atoms with E-state index in [1.165, 1.54) is 17.2 Å². The third-order valence-corrected chi connectivity index (χ3v) is 3.57. The molecule has 1 atom stereocenters. The quantitative estimate of drug-likeness (QED) is 0.911. The van der Waals surface area contributed by atoms with Gasteiger partial charge in [-0.05, 0) is 30.7 Å². The Bertz CT molecular complexity index is 723. The predicted octanol–water partition coefficient (Wildman–Crippen LogP) is 2.15. The third-order valence-electron chi connectivity index (χ3n) is 3.57. The molecular formula is C16H15FN4O2. The zero-order valence-electron chi connectivity index (χ0n) is 12.2. The van der Waals surface area contributed by atoms with Crippen LogP contribution in [-0.4, -0.2) is 29.5 Å². The van der Waals surface area contributed by atoms with Gasteiger partial charge in [0.25, 0.3) is 0 Å². The number of hydrogen-bond donors (Lipinski definition) is 2. The zero-order chi connectivity index (χ0) is 16.2. The molecule has 6 nitrogen and oxygen atoms in total. The molecule has 2 aromatic rings. The summed E-state index contributed by atoms with van der Waals surface area (Å²) in [5.74, 6) is -0.780. The predicted molar refractivity (Wildman–Crippen MR) is 83.5 cm³/mol. The van der Waals surface area contributed by atoms with E-state index in [-0.39, 0.29) is 11.6 Å². The van der Waals surface area contributed by atoms with Crippen molar-refractivity contribution in [2.45, 2.75) is 12.5 Å². The first-order valence-electron chi connectivity index (χ1n) is 7.18. The Balaban J connectivity index is 1.63. The number of carbonyl (C=O) groups excluding carboxylic acids is 2. The molecule has 0 aliphatic carbocycles. The fraction of sp³-hybridized carbons (Fsp3) is 0.188. The maximum Gasteiger partial charge on any atom is 0.319 e. The summed E-state index contributed by atoms with van der Waals surface area (Å²) in [7, 11) is 0. The fourth-order valence-corrected chi connectivity index (χ4v) is 2.49. The minimum Gasteiger partial charge on any atom is -0.326 e. The standard InChI is InChI=1S/C16H15FN4O2/c17-12-5-1-2-6-14(12)21-9-7-13(15(21)22)20-16(23)19-11-4-3-8-18-10-11/h1-6,8,10,13H,7,9H2,(H2,19,20,23)/t13-/m0/s1. The molecule has 1 fully saturated rings. The molecule has 1 saturated heterocycles. The second-order valence-corrected chi connectivity index (χ2v) is 5.12. The number of nitrogens with zero attached hydrogens (tertiary/aromatic N) is 2. The van der Waals surface area contributed by atoms with E-state index in [9.17, 15) is 14.0 Å². The number of carbonyl (C=O) groups is 2. The molecule has 0 saturated carbocycles. The monoisotopic (exact) mass is 314 g/mol. The van der Waals surface area contributed by atoms with Gasteiger partial charge in [0.05, 0.1) is 17.6 Å². The van der Waals surface area contributed by atoms with Crippen LogP contribution in [0.4, 0.5) is 20.6 Å². The van der Waals surface area contributed by atoms with Crippen molar-refractivity contribution < 1.29 is 14.0 Å². The van der Waals surface area contributed by atoms with E-state index in [1.54, 1.807) is 36.5 Å². The lowest BCUT2D eigenvalue weighted by Crippen LogP contribution is -2.43. The van der Waals surface area contributed by atoms with Crippen LogP contribution in [-0.2, 0) is 4.79 Å². The molecule has 0 radical (unpaired) electrons. The number of amides is 3.